The van der Waals surface area contributed by atoms with Gasteiger partial charge in [0.05, 0.1) is 20.3 Å². The number of carbonyl (C=O) groups is 1. The summed E-state index contributed by atoms with van der Waals surface area (Å²) >= 11 is 0. The number of hydrogen-bond acceptors (Lipinski definition) is 4. The first kappa shape index (κ1) is 16.2. The molecule has 0 radical (unpaired) electrons. The summed E-state index contributed by atoms with van der Waals surface area (Å²) in [5.74, 6) is 0.416. The van der Waals surface area contributed by atoms with Crippen LogP contribution in [0.5, 0.6) is 5.75 Å². The van der Waals surface area contributed by atoms with Gasteiger partial charge >= 0.3 is 0 Å². The molecule has 6 heteroatoms. The molecule has 2 fully saturated rings. The first-order chi connectivity index (χ1) is 11.0. The topological polar surface area (TPSA) is 42.0 Å². The molecule has 0 aromatic heterocycles. The fraction of sp³-hybridized carbons (Fsp3) is 0.588. The Bertz CT molecular complexity index is 595. The molecular weight excluding hydrogens is 299 g/mol. The minimum absolute atomic E-state index is 0.158. The predicted molar refractivity (Wildman–Crippen MR) is 83.7 cm³/mol. The Kier molecular flexibility index (Phi) is 4.55. The van der Waals surface area contributed by atoms with E-state index in [-0.39, 0.29) is 17.1 Å². The van der Waals surface area contributed by atoms with Crippen LogP contribution >= 0.6 is 0 Å². The number of amides is 1. The van der Waals surface area contributed by atoms with E-state index in [0.717, 1.165) is 13.1 Å². The average Bonchev–Trinajstić information content (AvgIpc) is 2.68. The van der Waals surface area contributed by atoms with Crippen molar-refractivity contribution in [2.75, 3.05) is 47.0 Å². The van der Waals surface area contributed by atoms with E-state index >= 15 is 0 Å². The molecule has 23 heavy (non-hydrogen) atoms. The molecule has 2 heterocycles. The smallest absolute Gasteiger partial charge is 0.223 e. The van der Waals surface area contributed by atoms with Gasteiger partial charge in [0.2, 0.25) is 5.91 Å². The summed E-state index contributed by atoms with van der Waals surface area (Å²) in [6.45, 7) is 3.90. The summed E-state index contributed by atoms with van der Waals surface area (Å²) in [5, 5.41) is 0. The first-order valence-electron chi connectivity index (χ1n) is 7.88. The zero-order valence-corrected chi connectivity index (χ0v) is 13.7. The summed E-state index contributed by atoms with van der Waals surface area (Å²) in [4.78, 5) is 15.9. The number of ether oxygens (including phenoxy) is 2. The van der Waals surface area contributed by atoms with Gasteiger partial charge in [-0.15, -0.1) is 0 Å². The van der Waals surface area contributed by atoms with Gasteiger partial charge < -0.3 is 14.4 Å². The van der Waals surface area contributed by atoms with Gasteiger partial charge in [-0.3, -0.25) is 9.69 Å². The molecule has 0 aliphatic carbocycles. The maximum Gasteiger partial charge on any atom is 0.223 e. The highest BCUT2D eigenvalue weighted by Gasteiger charge is 2.44. The van der Waals surface area contributed by atoms with Gasteiger partial charge in [0.15, 0.2) is 0 Å². The quantitative estimate of drug-likeness (QED) is 0.846. The standard InChI is InChI=1S/C17H23FN2O3/c1-19-10-17(8-16(19)21)11-20(5-6-23-12-17)9-13-3-4-14(22-2)7-15(13)18/h3-4,7H,5-6,8-12H2,1-2H3. The number of hydrogen-bond donors (Lipinski definition) is 0. The van der Waals surface area contributed by atoms with Crippen molar-refractivity contribution in [3.63, 3.8) is 0 Å². The maximum absolute atomic E-state index is 14.2. The van der Waals surface area contributed by atoms with E-state index in [0.29, 0.717) is 44.0 Å². The molecule has 1 aromatic carbocycles. The largest absolute Gasteiger partial charge is 0.497 e. The summed E-state index contributed by atoms with van der Waals surface area (Å²) in [6, 6.07) is 4.94. The maximum atomic E-state index is 14.2. The zero-order valence-electron chi connectivity index (χ0n) is 13.7. The second-order valence-electron chi connectivity index (χ2n) is 6.65. The van der Waals surface area contributed by atoms with E-state index in [1.165, 1.54) is 13.2 Å². The summed E-state index contributed by atoms with van der Waals surface area (Å²) in [7, 11) is 3.35. The number of nitrogens with zero attached hydrogens (tertiary/aromatic N) is 2. The molecule has 2 saturated heterocycles. The van der Waals surface area contributed by atoms with E-state index in [1.54, 1.807) is 17.0 Å². The third-order valence-electron chi connectivity index (χ3n) is 4.70. The van der Waals surface area contributed by atoms with E-state index in [9.17, 15) is 9.18 Å². The van der Waals surface area contributed by atoms with Crippen LogP contribution in [0, 0.1) is 11.2 Å². The van der Waals surface area contributed by atoms with E-state index < -0.39 is 0 Å². The molecule has 5 nitrogen and oxygen atoms in total. The van der Waals surface area contributed by atoms with Crippen LogP contribution in [0.1, 0.15) is 12.0 Å². The van der Waals surface area contributed by atoms with Gasteiger partial charge in [-0.25, -0.2) is 4.39 Å². The Balaban J connectivity index is 1.73. The van der Waals surface area contributed by atoms with Crippen LogP contribution in [0.2, 0.25) is 0 Å². The molecular formula is C17H23FN2O3. The van der Waals surface area contributed by atoms with E-state index in [4.69, 9.17) is 9.47 Å². The van der Waals surface area contributed by atoms with Gasteiger partial charge in [-0.05, 0) is 6.07 Å². The Hall–Kier alpha value is -1.66. The molecule has 0 N–H and O–H groups in total. The number of likely N-dealkylation sites (tertiary alicyclic amines) is 1. The monoisotopic (exact) mass is 322 g/mol. The van der Waals surface area contributed by atoms with Crippen LogP contribution in [0.25, 0.3) is 0 Å². The fourth-order valence-electron chi connectivity index (χ4n) is 3.55. The zero-order chi connectivity index (χ0) is 16.4. The van der Waals surface area contributed by atoms with Gasteiger partial charge in [0.1, 0.15) is 11.6 Å². The van der Waals surface area contributed by atoms with Crippen molar-refractivity contribution in [2.45, 2.75) is 13.0 Å². The highest BCUT2D eigenvalue weighted by molar-refractivity contribution is 5.79. The molecule has 1 atom stereocenters. The van der Waals surface area contributed by atoms with Crippen LogP contribution in [-0.4, -0.2) is 62.7 Å². The minimum atomic E-state index is -0.261. The summed E-state index contributed by atoms with van der Waals surface area (Å²) in [5.41, 5.74) is 0.464. The summed E-state index contributed by atoms with van der Waals surface area (Å²) < 4.78 is 25.0. The summed E-state index contributed by atoms with van der Waals surface area (Å²) in [6.07, 6.45) is 0.505. The normalized spacial score (nSPS) is 25.9. The molecule has 3 rings (SSSR count). The number of methoxy groups -OCH3 is 1. The van der Waals surface area contributed by atoms with E-state index in [1.807, 2.05) is 7.05 Å². The molecule has 0 saturated carbocycles. The molecule has 1 aromatic rings. The molecule has 1 unspecified atom stereocenters. The van der Waals surface area contributed by atoms with Gasteiger partial charge in [0.25, 0.3) is 0 Å². The molecule has 0 bridgehead atoms. The van der Waals surface area contributed by atoms with E-state index in [2.05, 4.69) is 4.90 Å². The van der Waals surface area contributed by atoms with Crippen LogP contribution in [0.3, 0.4) is 0 Å². The van der Waals surface area contributed by atoms with Crippen LogP contribution in [-0.2, 0) is 16.1 Å². The highest BCUT2D eigenvalue weighted by Crippen LogP contribution is 2.34. The number of rotatable bonds is 3. The first-order valence-corrected chi connectivity index (χ1v) is 7.88. The lowest BCUT2D eigenvalue weighted by molar-refractivity contribution is -0.126. The lowest BCUT2D eigenvalue weighted by Gasteiger charge is -2.31. The van der Waals surface area contributed by atoms with Crippen molar-refractivity contribution >= 4 is 5.91 Å². The van der Waals surface area contributed by atoms with Crippen molar-refractivity contribution in [1.82, 2.24) is 9.80 Å². The molecule has 1 spiro atoms. The fourth-order valence-corrected chi connectivity index (χ4v) is 3.55. The highest BCUT2D eigenvalue weighted by atomic mass is 19.1. The molecule has 2 aliphatic heterocycles. The van der Waals surface area contributed by atoms with Crippen molar-refractivity contribution < 1.29 is 18.7 Å². The van der Waals surface area contributed by atoms with Crippen LogP contribution in [0.15, 0.2) is 18.2 Å². The number of benzene rings is 1. The Morgan fingerprint density at radius 2 is 2.22 bits per heavy atom. The van der Waals surface area contributed by atoms with Crippen molar-refractivity contribution in [2.24, 2.45) is 5.41 Å². The van der Waals surface area contributed by atoms with Crippen LogP contribution < -0.4 is 4.74 Å². The lowest BCUT2D eigenvalue weighted by atomic mass is 9.87. The average molecular weight is 322 g/mol. The molecule has 1 amide bonds. The SMILES string of the molecule is COc1ccc(CN2CCOCC3(CC(=O)N(C)C3)C2)c(F)c1. The van der Waals surface area contributed by atoms with Gasteiger partial charge in [-0.2, -0.15) is 0 Å². The van der Waals surface area contributed by atoms with Gasteiger partial charge in [0, 0.05) is 56.7 Å². The number of halogens is 1. The number of carbonyl (C=O) groups excluding carboxylic acids is 1. The van der Waals surface area contributed by atoms with Crippen molar-refractivity contribution in [1.29, 1.82) is 0 Å². The third kappa shape index (κ3) is 3.48. The predicted octanol–water partition coefficient (Wildman–Crippen LogP) is 1.51. The second kappa shape index (κ2) is 6.45. The Morgan fingerprint density at radius 3 is 2.87 bits per heavy atom. The van der Waals surface area contributed by atoms with Crippen LogP contribution in [0.4, 0.5) is 4.39 Å². The van der Waals surface area contributed by atoms with Crippen molar-refractivity contribution in [3.05, 3.63) is 29.6 Å². The van der Waals surface area contributed by atoms with Crippen molar-refractivity contribution in [3.8, 4) is 5.75 Å². The minimum Gasteiger partial charge on any atom is -0.497 e. The van der Waals surface area contributed by atoms with Gasteiger partial charge in [-0.1, -0.05) is 6.07 Å². The molecule has 126 valence electrons. The third-order valence-corrected chi connectivity index (χ3v) is 4.70. The lowest BCUT2D eigenvalue weighted by Crippen LogP contribution is -2.40. The second-order valence-corrected chi connectivity index (χ2v) is 6.65. The molecule has 2 aliphatic rings. The Labute approximate surface area is 136 Å². The Morgan fingerprint density at radius 1 is 1.39 bits per heavy atom.